The van der Waals surface area contributed by atoms with E-state index in [2.05, 4.69) is 36.1 Å². The van der Waals surface area contributed by atoms with Gasteiger partial charge in [-0.05, 0) is 26.2 Å². The molecule has 4 nitrogen and oxygen atoms in total. The lowest BCUT2D eigenvalue weighted by Crippen LogP contribution is -2.10. The molecular weight excluding hydrogens is 226 g/mol. The number of rotatable bonds is 8. The summed E-state index contributed by atoms with van der Waals surface area (Å²) in [7, 11) is 0. The molecule has 1 aromatic rings. The fourth-order valence-electron chi connectivity index (χ4n) is 1.63. The number of ether oxygens (including phenoxy) is 1. The summed E-state index contributed by atoms with van der Waals surface area (Å²) in [6, 6.07) is 0. The third-order valence-corrected chi connectivity index (χ3v) is 2.61. The monoisotopic (exact) mass is 251 g/mol. The summed E-state index contributed by atoms with van der Waals surface area (Å²) >= 11 is 0. The molecule has 0 radical (unpaired) electrons. The van der Waals surface area contributed by atoms with Gasteiger partial charge >= 0.3 is 0 Å². The van der Waals surface area contributed by atoms with Crippen LogP contribution in [0.5, 0.6) is 5.88 Å². The zero-order valence-corrected chi connectivity index (χ0v) is 12.0. The third kappa shape index (κ3) is 4.17. The van der Waals surface area contributed by atoms with Crippen LogP contribution in [0, 0.1) is 6.92 Å². The van der Waals surface area contributed by atoms with E-state index in [0.717, 1.165) is 55.3 Å². The average Bonchev–Trinajstić information content (AvgIpc) is 2.37. The predicted octanol–water partition coefficient (Wildman–Crippen LogP) is 3.35. The Morgan fingerprint density at radius 1 is 1.06 bits per heavy atom. The maximum atomic E-state index is 5.70. The van der Waals surface area contributed by atoms with Gasteiger partial charge in [0.25, 0.3) is 0 Å². The second-order valence-corrected chi connectivity index (χ2v) is 4.44. The van der Waals surface area contributed by atoms with E-state index in [1.165, 1.54) is 0 Å². The summed E-state index contributed by atoms with van der Waals surface area (Å²) in [6.45, 7) is 10.0. The zero-order valence-electron chi connectivity index (χ0n) is 12.0. The molecule has 0 fully saturated rings. The van der Waals surface area contributed by atoms with Crippen LogP contribution in [-0.2, 0) is 6.42 Å². The number of nitrogens with one attached hydrogen (secondary N) is 1. The number of nitrogens with zero attached hydrogens (tertiary/aromatic N) is 2. The number of hydrogen-bond acceptors (Lipinski definition) is 4. The van der Waals surface area contributed by atoms with Crippen molar-refractivity contribution in [3.8, 4) is 5.88 Å². The highest BCUT2D eigenvalue weighted by molar-refractivity contribution is 5.48. The molecule has 0 spiro atoms. The van der Waals surface area contributed by atoms with Gasteiger partial charge in [-0.25, -0.2) is 4.98 Å². The van der Waals surface area contributed by atoms with Gasteiger partial charge in [0, 0.05) is 13.0 Å². The Labute approximate surface area is 110 Å². The van der Waals surface area contributed by atoms with E-state index in [1.807, 2.05) is 6.92 Å². The van der Waals surface area contributed by atoms with Crippen LogP contribution in [0.1, 0.15) is 51.4 Å². The Balaban J connectivity index is 2.95. The fraction of sp³-hybridized carbons (Fsp3) is 0.714. The standard InChI is InChI=1S/C14H25N3O/c1-5-8-12-16-13(15-9-6-2)11(4)14(17-12)18-10-7-3/h5-10H2,1-4H3,(H,15,16,17). The van der Waals surface area contributed by atoms with E-state index in [1.54, 1.807) is 0 Å². The molecule has 0 saturated heterocycles. The number of hydrogen-bond donors (Lipinski definition) is 1. The molecule has 18 heavy (non-hydrogen) atoms. The molecule has 0 aromatic carbocycles. The predicted molar refractivity (Wildman–Crippen MR) is 75.3 cm³/mol. The first kappa shape index (κ1) is 14.7. The normalized spacial score (nSPS) is 10.4. The van der Waals surface area contributed by atoms with Gasteiger partial charge in [-0.2, -0.15) is 4.98 Å². The molecular formula is C14H25N3O. The van der Waals surface area contributed by atoms with Crippen molar-refractivity contribution in [3.05, 3.63) is 11.4 Å². The minimum absolute atomic E-state index is 0.705. The molecule has 0 aliphatic carbocycles. The Kier molecular flexibility index (Phi) is 6.47. The molecule has 0 aliphatic rings. The van der Waals surface area contributed by atoms with Crippen molar-refractivity contribution in [1.82, 2.24) is 9.97 Å². The SMILES string of the molecule is CCCNc1nc(CCC)nc(OCCC)c1C. The van der Waals surface area contributed by atoms with Crippen LogP contribution >= 0.6 is 0 Å². The Morgan fingerprint density at radius 2 is 1.83 bits per heavy atom. The Morgan fingerprint density at radius 3 is 2.44 bits per heavy atom. The molecule has 0 unspecified atom stereocenters. The number of aryl methyl sites for hydroxylation is 1. The lowest BCUT2D eigenvalue weighted by atomic mass is 10.2. The Bertz CT molecular complexity index is 337. The molecule has 0 bridgehead atoms. The minimum atomic E-state index is 0.705. The van der Waals surface area contributed by atoms with Crippen molar-refractivity contribution in [3.63, 3.8) is 0 Å². The van der Waals surface area contributed by atoms with Crippen LogP contribution in [0.25, 0.3) is 0 Å². The van der Waals surface area contributed by atoms with Gasteiger partial charge in [0.1, 0.15) is 11.6 Å². The molecule has 102 valence electrons. The van der Waals surface area contributed by atoms with Crippen LogP contribution in [0.4, 0.5) is 5.82 Å². The first-order chi connectivity index (χ1) is 8.72. The van der Waals surface area contributed by atoms with Crippen LogP contribution < -0.4 is 10.1 Å². The van der Waals surface area contributed by atoms with Crippen molar-refractivity contribution >= 4 is 5.82 Å². The van der Waals surface area contributed by atoms with Crippen molar-refractivity contribution in [2.24, 2.45) is 0 Å². The summed E-state index contributed by atoms with van der Waals surface area (Å²) in [4.78, 5) is 9.06. The number of anilines is 1. The molecule has 1 rings (SSSR count). The first-order valence-electron chi connectivity index (χ1n) is 6.97. The summed E-state index contributed by atoms with van der Waals surface area (Å²) in [5.74, 6) is 2.52. The van der Waals surface area contributed by atoms with Gasteiger partial charge in [-0.15, -0.1) is 0 Å². The summed E-state index contributed by atoms with van der Waals surface area (Å²) in [5, 5.41) is 3.35. The largest absolute Gasteiger partial charge is 0.477 e. The lowest BCUT2D eigenvalue weighted by Gasteiger charge is -2.13. The van der Waals surface area contributed by atoms with Crippen LogP contribution in [0.3, 0.4) is 0 Å². The molecule has 1 aromatic heterocycles. The maximum Gasteiger partial charge on any atom is 0.221 e. The van der Waals surface area contributed by atoms with E-state index in [0.29, 0.717) is 6.61 Å². The highest BCUT2D eigenvalue weighted by Crippen LogP contribution is 2.22. The number of aromatic nitrogens is 2. The second-order valence-electron chi connectivity index (χ2n) is 4.44. The van der Waals surface area contributed by atoms with Crippen LogP contribution in [0.2, 0.25) is 0 Å². The van der Waals surface area contributed by atoms with Crippen molar-refractivity contribution in [2.45, 2.75) is 53.4 Å². The van der Waals surface area contributed by atoms with Gasteiger partial charge in [-0.3, -0.25) is 0 Å². The zero-order chi connectivity index (χ0) is 13.4. The Hall–Kier alpha value is -1.32. The van der Waals surface area contributed by atoms with Gasteiger partial charge in [0.05, 0.1) is 12.2 Å². The lowest BCUT2D eigenvalue weighted by molar-refractivity contribution is 0.301. The fourth-order valence-corrected chi connectivity index (χ4v) is 1.63. The summed E-state index contributed by atoms with van der Waals surface area (Å²) in [5.41, 5.74) is 1.01. The molecule has 0 atom stereocenters. The van der Waals surface area contributed by atoms with E-state index in [4.69, 9.17) is 4.74 Å². The van der Waals surface area contributed by atoms with E-state index in [9.17, 15) is 0 Å². The van der Waals surface area contributed by atoms with Gasteiger partial charge in [-0.1, -0.05) is 20.8 Å². The molecule has 1 N–H and O–H groups in total. The topological polar surface area (TPSA) is 47.0 Å². The quantitative estimate of drug-likeness (QED) is 0.769. The van der Waals surface area contributed by atoms with Gasteiger partial charge < -0.3 is 10.1 Å². The summed E-state index contributed by atoms with van der Waals surface area (Å²) < 4.78 is 5.70. The maximum absolute atomic E-state index is 5.70. The van der Waals surface area contributed by atoms with Crippen LogP contribution in [0.15, 0.2) is 0 Å². The van der Waals surface area contributed by atoms with Gasteiger partial charge in [0.2, 0.25) is 5.88 Å². The third-order valence-electron chi connectivity index (χ3n) is 2.61. The van der Waals surface area contributed by atoms with Crippen molar-refractivity contribution in [2.75, 3.05) is 18.5 Å². The summed E-state index contributed by atoms with van der Waals surface area (Å²) in [6.07, 6.45) is 4.01. The van der Waals surface area contributed by atoms with Crippen molar-refractivity contribution in [1.29, 1.82) is 0 Å². The molecule has 0 aliphatic heterocycles. The van der Waals surface area contributed by atoms with E-state index >= 15 is 0 Å². The molecule has 0 amide bonds. The first-order valence-corrected chi connectivity index (χ1v) is 6.97. The highest BCUT2D eigenvalue weighted by Gasteiger charge is 2.11. The highest BCUT2D eigenvalue weighted by atomic mass is 16.5. The smallest absolute Gasteiger partial charge is 0.221 e. The van der Waals surface area contributed by atoms with Gasteiger partial charge in [0.15, 0.2) is 0 Å². The molecule has 1 heterocycles. The molecule has 4 heteroatoms. The van der Waals surface area contributed by atoms with Crippen molar-refractivity contribution < 1.29 is 4.74 Å². The average molecular weight is 251 g/mol. The second kappa shape index (κ2) is 7.90. The molecule has 0 saturated carbocycles. The van der Waals surface area contributed by atoms with E-state index in [-0.39, 0.29) is 0 Å². The van der Waals surface area contributed by atoms with Crippen LogP contribution in [-0.4, -0.2) is 23.1 Å². The van der Waals surface area contributed by atoms with E-state index < -0.39 is 0 Å². The minimum Gasteiger partial charge on any atom is -0.477 e.